The monoisotopic (exact) mass is 1740 g/mol. The van der Waals surface area contributed by atoms with E-state index in [-0.39, 0.29) is 82.0 Å². The number of benzene rings is 11. The van der Waals surface area contributed by atoms with E-state index in [1.54, 1.807) is 0 Å². The van der Waals surface area contributed by atoms with Crippen molar-refractivity contribution >= 4 is 0 Å². The molecular weight excluding hydrogens is 1630 g/mol. The van der Waals surface area contributed by atoms with Crippen LogP contribution in [0.15, 0.2) is 261 Å². The molecule has 6 heteroatoms. The summed E-state index contributed by atoms with van der Waals surface area (Å²) >= 11 is 0. The summed E-state index contributed by atoms with van der Waals surface area (Å²) in [4.78, 5) is 15.4. The number of aromatic nitrogens is 3. The minimum absolute atomic E-state index is 0. The van der Waals surface area contributed by atoms with E-state index in [9.17, 15) is 8.78 Å². The zero-order valence-electron chi connectivity index (χ0n) is 73.1. The molecule has 0 radical (unpaired) electrons. The van der Waals surface area contributed by atoms with Gasteiger partial charge in [-0.25, -0.2) is 8.78 Å². The Balaban J connectivity index is 0.0000116. The molecule has 0 aliphatic heterocycles. The average Bonchev–Trinajstić information content (AvgIpc) is 0.749. The smallest absolute Gasteiger partial charge is 0.305 e. The van der Waals surface area contributed by atoms with Crippen LogP contribution in [0.4, 0.5) is 8.78 Å². The molecule has 1 saturated carbocycles. The molecule has 0 bridgehead atoms. The fraction of sp³-hybridized carbons (Fsp3) is 0.283. The molecule has 0 saturated heterocycles. The van der Waals surface area contributed by atoms with Crippen LogP contribution >= 0.6 is 0 Å². The SMILES string of the molecule is Cc1cc(-c2[c-]cc(-c3cc(C(C)(C)C)ccc3C3CC(c4ccccc4-c4c[c-]c(-c5cc(C(C)(C)C)ccn5)cc4-c4ccc(C(C)(C)C)cc4)CC(c4ccc(C(C)(C)C)cc4-c4c[c-]c(-c5cc(C)c(-c6ccc(F)cc6)cn5)cc4-c4ccc(C(C)(C)C)cc4)C3)c(-c3ccc(C(C)(C)C)cc3)c2)ncc1-c1ccc(F)cc1.[Ir+3]. The molecule has 0 N–H and O–H groups in total. The van der Waals surface area contributed by atoms with Gasteiger partial charge in [-0.05, 0) is 220 Å². The van der Waals surface area contributed by atoms with Gasteiger partial charge in [-0.3, -0.25) is 0 Å². The van der Waals surface area contributed by atoms with Crippen LogP contribution < -0.4 is 0 Å². The van der Waals surface area contributed by atoms with E-state index in [0.29, 0.717) is 0 Å². The first-order chi connectivity index (χ1) is 55.9. The van der Waals surface area contributed by atoms with E-state index in [1.165, 1.54) is 91.0 Å². The summed E-state index contributed by atoms with van der Waals surface area (Å²) in [6, 6.07) is 99.4. The number of rotatable bonds is 14. The number of pyridine rings is 3. The molecule has 602 valence electrons. The molecule has 15 rings (SSSR count). The molecule has 1 aliphatic carbocycles. The van der Waals surface area contributed by atoms with E-state index < -0.39 is 0 Å². The first kappa shape index (κ1) is 84.8. The fourth-order valence-corrected chi connectivity index (χ4v) is 17.5. The topological polar surface area (TPSA) is 38.7 Å². The summed E-state index contributed by atoms with van der Waals surface area (Å²) in [7, 11) is 0. The van der Waals surface area contributed by atoms with Gasteiger partial charge in [-0.1, -0.05) is 351 Å². The predicted molar refractivity (Wildman–Crippen MR) is 493 cm³/mol. The van der Waals surface area contributed by atoms with E-state index in [0.717, 1.165) is 136 Å². The minimum atomic E-state index is -0.267. The van der Waals surface area contributed by atoms with Crippen LogP contribution in [-0.2, 0) is 52.6 Å². The average molecular weight is 1740 g/mol. The number of hydrogen-bond donors (Lipinski definition) is 0. The van der Waals surface area contributed by atoms with Crippen LogP contribution in [-0.4, -0.2) is 15.0 Å². The summed E-state index contributed by atoms with van der Waals surface area (Å²) < 4.78 is 28.7. The first-order valence-electron chi connectivity index (χ1n) is 42.2. The Labute approximate surface area is 721 Å². The van der Waals surface area contributed by atoms with Gasteiger partial charge in [0.25, 0.3) is 0 Å². The molecule has 0 amide bonds. The van der Waals surface area contributed by atoms with Crippen molar-refractivity contribution in [3.63, 3.8) is 0 Å². The van der Waals surface area contributed by atoms with Crippen molar-refractivity contribution < 1.29 is 28.9 Å². The van der Waals surface area contributed by atoms with Crippen molar-refractivity contribution in [3.05, 3.63) is 352 Å². The van der Waals surface area contributed by atoms with Gasteiger partial charge in [-0.2, -0.15) is 0 Å². The maximum Gasteiger partial charge on any atom is 3.00 e. The van der Waals surface area contributed by atoms with Gasteiger partial charge in [-0.15, -0.1) is 71.3 Å². The summed E-state index contributed by atoms with van der Waals surface area (Å²) in [5.41, 5.74) is 35.8. The normalized spacial score (nSPS) is 14.9. The molecule has 2 atom stereocenters. The maximum absolute atomic E-state index is 14.3. The summed E-state index contributed by atoms with van der Waals surface area (Å²) in [6.07, 6.45) is 8.44. The molecule has 0 spiro atoms. The second-order valence-electron chi connectivity index (χ2n) is 39.5. The van der Waals surface area contributed by atoms with Crippen LogP contribution in [0.1, 0.15) is 223 Å². The fourth-order valence-electron chi connectivity index (χ4n) is 17.5. The van der Waals surface area contributed by atoms with Gasteiger partial charge in [0.1, 0.15) is 11.6 Å². The van der Waals surface area contributed by atoms with Crippen LogP contribution in [0.2, 0.25) is 0 Å². The Kier molecular flexibility index (Phi) is 23.6. The largest absolute Gasteiger partial charge is 3.00 e. The molecule has 2 unspecified atom stereocenters. The second-order valence-corrected chi connectivity index (χ2v) is 39.5. The Morgan fingerprint density at radius 1 is 0.269 bits per heavy atom. The number of nitrogens with zero attached hydrogens (tertiary/aromatic N) is 3. The van der Waals surface area contributed by atoms with Gasteiger partial charge in [0, 0.05) is 29.7 Å². The van der Waals surface area contributed by atoms with Crippen molar-refractivity contribution in [1.82, 2.24) is 15.0 Å². The Hall–Kier alpha value is -10.6. The third kappa shape index (κ3) is 18.3. The second kappa shape index (κ2) is 33.2. The summed E-state index contributed by atoms with van der Waals surface area (Å²) in [5, 5.41) is 0. The van der Waals surface area contributed by atoms with Crippen molar-refractivity contribution in [2.24, 2.45) is 0 Å². The van der Waals surface area contributed by atoms with Gasteiger partial charge in [0.05, 0.1) is 0 Å². The third-order valence-electron chi connectivity index (χ3n) is 24.7. The number of halogens is 2. The zero-order valence-corrected chi connectivity index (χ0v) is 75.5. The maximum atomic E-state index is 14.3. The number of hydrogen-bond acceptors (Lipinski definition) is 3. The Morgan fingerprint density at radius 3 is 0.891 bits per heavy atom. The van der Waals surface area contributed by atoms with Crippen molar-refractivity contribution in [3.8, 4) is 123 Å². The molecule has 119 heavy (non-hydrogen) atoms. The zero-order chi connectivity index (χ0) is 83.7. The van der Waals surface area contributed by atoms with Crippen LogP contribution in [0, 0.1) is 43.7 Å². The molecule has 1 fully saturated rings. The van der Waals surface area contributed by atoms with Crippen molar-refractivity contribution in [2.75, 3.05) is 0 Å². The predicted octanol–water partition coefficient (Wildman–Crippen LogP) is 31.1. The summed E-state index contributed by atoms with van der Waals surface area (Å²) in [5.74, 6) is -0.393. The Bertz CT molecular complexity index is 5780. The van der Waals surface area contributed by atoms with Gasteiger partial charge in [0.2, 0.25) is 0 Å². The van der Waals surface area contributed by atoms with Crippen molar-refractivity contribution in [2.45, 2.75) is 208 Å². The van der Waals surface area contributed by atoms with E-state index in [1.807, 2.05) is 42.9 Å². The van der Waals surface area contributed by atoms with Gasteiger partial charge < -0.3 is 15.0 Å². The van der Waals surface area contributed by atoms with Gasteiger partial charge in [0.15, 0.2) is 0 Å². The van der Waals surface area contributed by atoms with Crippen LogP contribution in [0.25, 0.3) is 123 Å². The first-order valence-corrected chi connectivity index (χ1v) is 42.2. The molecule has 3 heterocycles. The number of aryl methyl sites for hydroxylation is 2. The quantitative estimate of drug-likeness (QED) is 0.102. The van der Waals surface area contributed by atoms with E-state index >= 15 is 0 Å². The molecule has 1 aliphatic rings. The van der Waals surface area contributed by atoms with Crippen LogP contribution in [0.3, 0.4) is 0 Å². The molecular formula is C113H112F2IrN3. The van der Waals surface area contributed by atoms with Gasteiger partial charge >= 0.3 is 20.1 Å². The molecule has 3 nitrogen and oxygen atoms in total. The molecule has 14 aromatic rings. The standard InChI is InChI=1S/C113H112F2N3.Ir/c1-70-57-105(117-68-103(70)75-31-46-89(114)47-32-75)77-36-51-96(99(62-77)73-27-40-84(41-28-73)109(6,7)8)101-65-86(111(12,13)14)44-53-92(101)81-59-80(91-23-21-22-24-94(91)95-50-35-79(107-67-88(55-56-116-107)113(18,19)20)64-98(95)72-25-38-83(39-26-72)108(3,4)5)60-82(61-81)93-54-45-87(112(15,16)17)66-102(93)97-52-37-78(63-100(97)74-29-42-85(43-30-74)110(9,10)11)106-58-71(2)104(69-118-106)76-33-48-90(115)49-34-76;/h21-34,38-58,62-69,80-82H,59-61H2,1-20H3;/q-3;+3. The van der Waals surface area contributed by atoms with Crippen molar-refractivity contribution in [1.29, 1.82) is 0 Å². The summed E-state index contributed by atoms with van der Waals surface area (Å²) in [6.45, 7) is 45.6. The van der Waals surface area contributed by atoms with Crippen LogP contribution in [0.5, 0.6) is 0 Å². The molecule has 11 aromatic carbocycles. The minimum Gasteiger partial charge on any atom is -0.305 e. The Morgan fingerprint density at radius 2 is 0.555 bits per heavy atom. The molecule has 3 aromatic heterocycles. The third-order valence-corrected chi connectivity index (χ3v) is 24.7. The van der Waals surface area contributed by atoms with E-state index in [2.05, 4.69) is 351 Å². The van der Waals surface area contributed by atoms with E-state index in [4.69, 9.17) is 15.0 Å².